The van der Waals surface area contributed by atoms with Gasteiger partial charge in [0.25, 0.3) is 11.5 Å². The van der Waals surface area contributed by atoms with E-state index in [2.05, 4.69) is 4.90 Å². The summed E-state index contributed by atoms with van der Waals surface area (Å²) in [7, 11) is 4.37. The van der Waals surface area contributed by atoms with Crippen molar-refractivity contribution in [1.29, 1.82) is 0 Å². The van der Waals surface area contributed by atoms with Gasteiger partial charge in [0.2, 0.25) is 5.88 Å². The van der Waals surface area contributed by atoms with E-state index in [1.165, 1.54) is 18.7 Å². The molecule has 11 heteroatoms. The molecule has 4 aromatic rings. The summed E-state index contributed by atoms with van der Waals surface area (Å²) in [5, 5.41) is 10.1. The van der Waals surface area contributed by atoms with Crippen LogP contribution in [0.4, 0.5) is 0 Å². The Labute approximate surface area is 241 Å². The number of methoxy groups -OCH3 is 1. The van der Waals surface area contributed by atoms with Gasteiger partial charge in [0.05, 0.1) is 29.6 Å². The van der Waals surface area contributed by atoms with Crippen LogP contribution in [0.2, 0.25) is 5.02 Å². The second kappa shape index (κ2) is 11.0. The summed E-state index contributed by atoms with van der Waals surface area (Å²) >= 11 is 7.00. The van der Waals surface area contributed by atoms with Gasteiger partial charge in [-0.3, -0.25) is 23.6 Å². The number of hydrogen-bond acceptors (Lipinski definition) is 7. The smallest absolute Gasteiger partial charge is 0.330 e. The zero-order valence-electron chi connectivity index (χ0n) is 23.1. The number of primary amides is 1. The Bertz CT molecular complexity index is 1810. The van der Waals surface area contributed by atoms with Crippen LogP contribution in [0.5, 0.6) is 5.88 Å². The molecule has 2 aromatic carbocycles. The molecule has 5 rings (SSSR count). The minimum absolute atomic E-state index is 0.147. The van der Waals surface area contributed by atoms with Crippen LogP contribution in [-0.4, -0.2) is 56.3 Å². The summed E-state index contributed by atoms with van der Waals surface area (Å²) in [4.78, 5) is 44.8. The normalized spacial score (nSPS) is 13.7. The number of carbonyl (C=O) groups excluding carboxylic acids is 1. The summed E-state index contributed by atoms with van der Waals surface area (Å²) in [5.41, 5.74) is 9.05. The minimum Gasteiger partial charge on any atom is -0.481 e. The maximum absolute atomic E-state index is 12.9. The summed E-state index contributed by atoms with van der Waals surface area (Å²) in [5.74, 6) is -0.441. The largest absolute Gasteiger partial charge is 0.481 e. The molecular weight excluding hydrogens is 546 g/mol. The number of amides is 1. The van der Waals surface area contributed by atoms with E-state index in [1.54, 1.807) is 19.2 Å². The number of aromatic nitrogens is 3. The monoisotopic (exact) mass is 575 g/mol. The first kappa shape index (κ1) is 28.3. The van der Waals surface area contributed by atoms with Crippen molar-refractivity contribution in [3.8, 4) is 39.5 Å². The molecule has 1 aliphatic rings. The standard InChI is InChI=1S/C30H30ClN5O5/c1-16-19(7-5-8-20(16)26-24(27(32)38)29(39)35(3)30(40)34(26)2)21-9-6-10-22(25(21)31)23-12-11-17(28(33-23)41-4)13-36-14-18(37)15-36/h5-12,18,37H,13-15H2,1-4H3,(H2,32,38). The molecule has 2 aromatic heterocycles. The quantitative estimate of drug-likeness (QED) is 0.346. The van der Waals surface area contributed by atoms with Gasteiger partial charge in [0.15, 0.2) is 0 Å². The van der Waals surface area contributed by atoms with Crippen LogP contribution in [0, 0.1) is 6.92 Å². The SMILES string of the molecule is COc1nc(-c2cccc(-c3cccc(-c4c(C(N)=O)c(=O)n(C)c(=O)n4C)c3C)c2Cl)ccc1CN1CC(O)C1. The van der Waals surface area contributed by atoms with Crippen LogP contribution in [0.15, 0.2) is 58.1 Å². The first-order valence-corrected chi connectivity index (χ1v) is 13.3. The number of rotatable bonds is 7. The van der Waals surface area contributed by atoms with Crippen molar-refractivity contribution in [1.82, 2.24) is 19.0 Å². The fourth-order valence-corrected chi connectivity index (χ4v) is 5.66. The Balaban J connectivity index is 1.61. The Morgan fingerprint density at radius 1 is 1.02 bits per heavy atom. The third-order valence-electron chi connectivity index (χ3n) is 7.53. The number of aliphatic hydroxyl groups is 1. The highest BCUT2D eigenvalue weighted by Crippen LogP contribution is 2.40. The molecule has 0 unspecified atom stereocenters. The molecule has 0 radical (unpaired) electrons. The second-order valence-corrected chi connectivity index (χ2v) is 10.5. The third kappa shape index (κ3) is 4.94. The van der Waals surface area contributed by atoms with Gasteiger partial charge in [-0.25, -0.2) is 9.78 Å². The zero-order chi connectivity index (χ0) is 29.6. The van der Waals surface area contributed by atoms with E-state index in [0.29, 0.717) is 58.5 Å². The predicted molar refractivity (Wildman–Crippen MR) is 157 cm³/mol. The number of likely N-dealkylation sites (tertiary alicyclic amines) is 1. The van der Waals surface area contributed by atoms with Gasteiger partial charge in [-0.05, 0) is 24.1 Å². The van der Waals surface area contributed by atoms with E-state index in [1.807, 2.05) is 43.3 Å². The van der Waals surface area contributed by atoms with Gasteiger partial charge >= 0.3 is 5.69 Å². The topological polar surface area (TPSA) is 133 Å². The zero-order valence-corrected chi connectivity index (χ0v) is 23.9. The van der Waals surface area contributed by atoms with Crippen LogP contribution in [0.25, 0.3) is 33.6 Å². The van der Waals surface area contributed by atoms with E-state index in [0.717, 1.165) is 15.7 Å². The molecule has 10 nitrogen and oxygen atoms in total. The Hall–Kier alpha value is -4.25. The lowest BCUT2D eigenvalue weighted by Crippen LogP contribution is -2.49. The predicted octanol–water partition coefficient (Wildman–Crippen LogP) is 2.73. The molecule has 1 saturated heterocycles. The molecular formula is C30H30ClN5O5. The van der Waals surface area contributed by atoms with Crippen LogP contribution in [0.3, 0.4) is 0 Å². The van der Waals surface area contributed by atoms with Gasteiger partial charge in [0.1, 0.15) is 5.56 Å². The van der Waals surface area contributed by atoms with Crippen molar-refractivity contribution >= 4 is 17.5 Å². The molecule has 41 heavy (non-hydrogen) atoms. The van der Waals surface area contributed by atoms with Crippen LogP contribution in [0.1, 0.15) is 21.5 Å². The lowest BCUT2D eigenvalue weighted by Gasteiger charge is -2.35. The molecule has 3 N–H and O–H groups in total. The highest BCUT2D eigenvalue weighted by molar-refractivity contribution is 6.36. The van der Waals surface area contributed by atoms with Gasteiger partial charge in [-0.15, -0.1) is 0 Å². The molecule has 212 valence electrons. The number of ether oxygens (including phenoxy) is 1. The van der Waals surface area contributed by atoms with Crippen molar-refractivity contribution in [3.63, 3.8) is 0 Å². The van der Waals surface area contributed by atoms with E-state index in [-0.39, 0.29) is 17.4 Å². The Morgan fingerprint density at radius 2 is 1.66 bits per heavy atom. The highest BCUT2D eigenvalue weighted by Gasteiger charge is 2.26. The summed E-state index contributed by atoms with van der Waals surface area (Å²) in [6.07, 6.45) is -0.295. The molecule has 0 saturated carbocycles. The maximum atomic E-state index is 12.9. The van der Waals surface area contributed by atoms with Gasteiger partial charge in [0, 0.05) is 56.0 Å². The summed E-state index contributed by atoms with van der Waals surface area (Å²) in [6, 6.07) is 14.8. The lowest BCUT2D eigenvalue weighted by molar-refractivity contribution is -0.00330. The summed E-state index contributed by atoms with van der Waals surface area (Å²) < 4.78 is 7.69. The van der Waals surface area contributed by atoms with E-state index in [9.17, 15) is 19.5 Å². The van der Waals surface area contributed by atoms with E-state index < -0.39 is 17.2 Å². The molecule has 0 atom stereocenters. The molecule has 1 amide bonds. The Kier molecular flexibility index (Phi) is 7.56. The number of β-amino-alcohol motifs (C(OH)–C–C–N with tert-alkyl or cyclic N) is 1. The fourth-order valence-electron chi connectivity index (χ4n) is 5.33. The average molecular weight is 576 g/mol. The van der Waals surface area contributed by atoms with Crippen LogP contribution >= 0.6 is 11.6 Å². The molecule has 3 heterocycles. The summed E-state index contributed by atoms with van der Waals surface area (Å²) in [6.45, 7) is 3.68. The number of carbonyl (C=O) groups is 1. The first-order valence-electron chi connectivity index (χ1n) is 13.0. The Morgan fingerprint density at radius 3 is 2.29 bits per heavy atom. The van der Waals surface area contributed by atoms with Crippen molar-refractivity contribution in [2.45, 2.75) is 19.6 Å². The minimum atomic E-state index is -0.921. The number of aliphatic hydroxyl groups excluding tert-OH is 1. The average Bonchev–Trinajstić information content (AvgIpc) is 2.93. The van der Waals surface area contributed by atoms with Crippen LogP contribution < -0.4 is 21.7 Å². The first-order chi connectivity index (χ1) is 19.5. The van der Waals surface area contributed by atoms with Gasteiger partial charge in [-0.1, -0.05) is 54.1 Å². The number of nitrogens with zero attached hydrogens (tertiary/aromatic N) is 4. The van der Waals surface area contributed by atoms with Crippen LogP contribution in [-0.2, 0) is 20.6 Å². The number of nitrogens with two attached hydrogens (primary N) is 1. The number of halogens is 1. The molecule has 1 aliphatic heterocycles. The maximum Gasteiger partial charge on any atom is 0.330 e. The van der Waals surface area contributed by atoms with Crippen molar-refractivity contribution in [2.75, 3.05) is 20.2 Å². The fraction of sp³-hybridized carbons (Fsp3) is 0.267. The van der Waals surface area contributed by atoms with Gasteiger partial charge in [-0.2, -0.15) is 0 Å². The molecule has 0 spiro atoms. The lowest BCUT2D eigenvalue weighted by atomic mass is 9.92. The number of pyridine rings is 1. The number of benzene rings is 2. The molecule has 0 aliphatic carbocycles. The van der Waals surface area contributed by atoms with Crippen molar-refractivity contribution < 1.29 is 14.6 Å². The molecule has 1 fully saturated rings. The third-order valence-corrected chi connectivity index (χ3v) is 7.94. The number of hydrogen-bond donors (Lipinski definition) is 2. The highest BCUT2D eigenvalue weighted by atomic mass is 35.5. The van der Waals surface area contributed by atoms with Crippen molar-refractivity contribution in [3.05, 3.63) is 91.1 Å². The van der Waals surface area contributed by atoms with E-state index in [4.69, 9.17) is 27.1 Å². The van der Waals surface area contributed by atoms with Crippen molar-refractivity contribution in [2.24, 2.45) is 19.8 Å². The molecule has 0 bridgehead atoms. The van der Waals surface area contributed by atoms with E-state index >= 15 is 0 Å². The van der Waals surface area contributed by atoms with Gasteiger partial charge < -0.3 is 15.6 Å². The second-order valence-electron chi connectivity index (χ2n) is 10.2.